The van der Waals surface area contributed by atoms with Gasteiger partial charge in [-0.25, -0.2) is 8.42 Å². The number of amides is 1. The number of rotatable bonds is 7. The zero-order valence-corrected chi connectivity index (χ0v) is 13.9. The Balaban J connectivity index is 2.92. The van der Waals surface area contributed by atoms with Crippen LogP contribution >= 0.6 is 0 Å². The zero-order valence-electron chi connectivity index (χ0n) is 13.0. The predicted octanol–water partition coefficient (Wildman–Crippen LogP) is 1.49. The van der Waals surface area contributed by atoms with Crippen LogP contribution in [0.15, 0.2) is 24.3 Å². The van der Waals surface area contributed by atoms with Gasteiger partial charge in [-0.1, -0.05) is 26.0 Å². The number of nitrogens with zero attached hydrogens (tertiary/aromatic N) is 2. The Morgan fingerprint density at radius 3 is 2.55 bits per heavy atom. The van der Waals surface area contributed by atoms with Crippen molar-refractivity contribution in [2.75, 3.05) is 23.7 Å². The third kappa shape index (κ3) is 5.37. The van der Waals surface area contributed by atoms with Crippen molar-refractivity contribution < 1.29 is 13.2 Å². The van der Waals surface area contributed by atoms with Gasteiger partial charge < -0.3 is 5.32 Å². The molecule has 0 radical (unpaired) electrons. The Kier molecular flexibility index (Phi) is 6.38. The molecule has 1 amide bonds. The third-order valence-corrected chi connectivity index (χ3v) is 4.15. The van der Waals surface area contributed by atoms with Crippen LogP contribution in [0.25, 0.3) is 0 Å². The van der Waals surface area contributed by atoms with Gasteiger partial charge in [-0.05, 0) is 24.5 Å². The largest absolute Gasteiger partial charge is 0.355 e. The molecule has 7 heteroatoms. The molecule has 0 saturated carbocycles. The number of sulfonamides is 1. The predicted molar refractivity (Wildman–Crippen MR) is 85.8 cm³/mol. The van der Waals surface area contributed by atoms with E-state index in [0.29, 0.717) is 12.5 Å². The number of carbonyl (C=O) groups is 1. The molecule has 0 fully saturated rings. The standard InChI is InChI=1S/C15H21N3O3S/c1-12(2)8-9-17-15(19)11-18(22(3,20)21)14-7-5-4-6-13(14)10-16/h4-7,12H,8-9,11H2,1-3H3,(H,17,19). The molecular weight excluding hydrogens is 302 g/mol. The highest BCUT2D eigenvalue weighted by atomic mass is 32.2. The summed E-state index contributed by atoms with van der Waals surface area (Å²) in [6, 6.07) is 8.25. The van der Waals surface area contributed by atoms with Crippen LogP contribution < -0.4 is 9.62 Å². The van der Waals surface area contributed by atoms with Crippen molar-refractivity contribution in [2.24, 2.45) is 5.92 Å². The summed E-state index contributed by atoms with van der Waals surface area (Å²) in [5.74, 6) is 0.0597. The summed E-state index contributed by atoms with van der Waals surface area (Å²) in [4.78, 5) is 12.0. The number of hydrogen-bond acceptors (Lipinski definition) is 4. The van der Waals surface area contributed by atoms with E-state index >= 15 is 0 Å². The highest BCUT2D eigenvalue weighted by molar-refractivity contribution is 7.92. The van der Waals surface area contributed by atoms with E-state index < -0.39 is 10.0 Å². The van der Waals surface area contributed by atoms with E-state index in [-0.39, 0.29) is 23.7 Å². The number of nitriles is 1. The highest BCUT2D eigenvalue weighted by Gasteiger charge is 2.22. The molecule has 0 aliphatic heterocycles. The van der Waals surface area contributed by atoms with E-state index in [1.165, 1.54) is 12.1 Å². The number of nitrogens with one attached hydrogen (secondary N) is 1. The summed E-state index contributed by atoms with van der Waals surface area (Å²) in [5, 5.41) is 11.8. The fourth-order valence-corrected chi connectivity index (χ4v) is 2.72. The van der Waals surface area contributed by atoms with Gasteiger partial charge in [0.15, 0.2) is 0 Å². The maximum Gasteiger partial charge on any atom is 0.240 e. The van der Waals surface area contributed by atoms with E-state index in [4.69, 9.17) is 5.26 Å². The normalized spacial score (nSPS) is 11.0. The molecule has 0 heterocycles. The summed E-state index contributed by atoms with van der Waals surface area (Å²) >= 11 is 0. The molecule has 0 unspecified atom stereocenters. The SMILES string of the molecule is CC(C)CCNC(=O)CN(c1ccccc1C#N)S(C)(=O)=O. The molecule has 1 rings (SSSR count). The van der Waals surface area contributed by atoms with Gasteiger partial charge in [0.05, 0.1) is 17.5 Å². The van der Waals surface area contributed by atoms with Gasteiger partial charge in [0, 0.05) is 6.54 Å². The zero-order chi connectivity index (χ0) is 16.8. The van der Waals surface area contributed by atoms with Gasteiger partial charge >= 0.3 is 0 Å². The van der Waals surface area contributed by atoms with Crippen LogP contribution in [0.1, 0.15) is 25.8 Å². The molecule has 1 N–H and O–H groups in total. The molecule has 6 nitrogen and oxygen atoms in total. The van der Waals surface area contributed by atoms with Gasteiger partial charge in [-0.2, -0.15) is 5.26 Å². The van der Waals surface area contributed by atoms with Gasteiger partial charge in [0.2, 0.25) is 15.9 Å². The fourth-order valence-electron chi connectivity index (χ4n) is 1.85. The number of hydrogen-bond donors (Lipinski definition) is 1. The van der Waals surface area contributed by atoms with Crippen molar-refractivity contribution in [3.8, 4) is 6.07 Å². The Bertz CT molecular complexity index is 663. The molecule has 22 heavy (non-hydrogen) atoms. The van der Waals surface area contributed by atoms with Crippen molar-refractivity contribution in [3.05, 3.63) is 29.8 Å². The third-order valence-electron chi connectivity index (χ3n) is 3.02. The summed E-state index contributed by atoms with van der Waals surface area (Å²) in [5.41, 5.74) is 0.425. The maximum absolute atomic E-state index is 12.0. The van der Waals surface area contributed by atoms with Crippen molar-refractivity contribution in [3.63, 3.8) is 0 Å². The molecule has 0 saturated heterocycles. The first-order valence-corrected chi connectivity index (χ1v) is 8.84. The number of carbonyl (C=O) groups excluding carboxylic acids is 1. The second-order valence-electron chi connectivity index (χ2n) is 5.43. The van der Waals surface area contributed by atoms with Crippen LogP contribution in [0.5, 0.6) is 0 Å². The minimum Gasteiger partial charge on any atom is -0.355 e. The minimum atomic E-state index is -3.67. The van der Waals surface area contributed by atoms with E-state index in [1.807, 2.05) is 19.9 Å². The molecule has 0 aliphatic carbocycles. The first-order chi connectivity index (χ1) is 10.3. The Morgan fingerprint density at radius 1 is 1.36 bits per heavy atom. The van der Waals surface area contributed by atoms with Crippen molar-refractivity contribution in [2.45, 2.75) is 20.3 Å². The molecule has 0 atom stereocenters. The number of para-hydroxylation sites is 1. The van der Waals surface area contributed by atoms with Crippen LogP contribution in [0, 0.1) is 17.2 Å². The van der Waals surface area contributed by atoms with Gasteiger partial charge in [0.25, 0.3) is 0 Å². The fraction of sp³-hybridized carbons (Fsp3) is 0.467. The summed E-state index contributed by atoms with van der Waals surface area (Å²) < 4.78 is 24.9. The van der Waals surface area contributed by atoms with Crippen LogP contribution in [0.3, 0.4) is 0 Å². The van der Waals surface area contributed by atoms with Crippen molar-refractivity contribution >= 4 is 21.6 Å². The molecule has 0 spiro atoms. The van der Waals surface area contributed by atoms with Gasteiger partial charge in [0.1, 0.15) is 12.6 Å². The molecule has 1 aromatic rings. The topological polar surface area (TPSA) is 90.3 Å². The second-order valence-corrected chi connectivity index (χ2v) is 7.34. The highest BCUT2D eigenvalue weighted by Crippen LogP contribution is 2.21. The van der Waals surface area contributed by atoms with E-state index in [0.717, 1.165) is 17.0 Å². The minimum absolute atomic E-state index is 0.211. The molecule has 0 aliphatic rings. The number of anilines is 1. The lowest BCUT2D eigenvalue weighted by Crippen LogP contribution is -2.41. The molecular formula is C15H21N3O3S. The molecule has 0 bridgehead atoms. The Labute approximate surface area is 131 Å². The summed E-state index contributed by atoms with van der Waals surface area (Å²) in [6.45, 7) is 4.24. The Morgan fingerprint density at radius 2 is 2.00 bits per heavy atom. The molecule has 120 valence electrons. The summed E-state index contributed by atoms with van der Waals surface area (Å²) in [7, 11) is -3.67. The van der Waals surface area contributed by atoms with Gasteiger partial charge in [-0.3, -0.25) is 9.10 Å². The van der Waals surface area contributed by atoms with E-state index in [2.05, 4.69) is 5.32 Å². The lowest BCUT2D eigenvalue weighted by molar-refractivity contribution is -0.119. The van der Waals surface area contributed by atoms with Crippen molar-refractivity contribution in [1.29, 1.82) is 5.26 Å². The molecule has 0 aromatic heterocycles. The van der Waals surface area contributed by atoms with Crippen molar-refractivity contribution in [1.82, 2.24) is 5.32 Å². The van der Waals surface area contributed by atoms with E-state index in [9.17, 15) is 13.2 Å². The average Bonchev–Trinajstić information content (AvgIpc) is 2.43. The van der Waals surface area contributed by atoms with Crippen LogP contribution in [-0.4, -0.2) is 33.7 Å². The maximum atomic E-state index is 12.0. The smallest absolute Gasteiger partial charge is 0.240 e. The monoisotopic (exact) mass is 323 g/mol. The van der Waals surface area contributed by atoms with E-state index in [1.54, 1.807) is 12.1 Å². The molecule has 1 aromatic carbocycles. The Hall–Kier alpha value is -2.07. The average molecular weight is 323 g/mol. The second kappa shape index (κ2) is 7.80. The number of benzene rings is 1. The first kappa shape index (κ1) is 18.0. The van der Waals surface area contributed by atoms with Gasteiger partial charge in [-0.15, -0.1) is 0 Å². The lowest BCUT2D eigenvalue weighted by Gasteiger charge is -2.22. The summed E-state index contributed by atoms with van der Waals surface area (Å²) in [6.07, 6.45) is 1.84. The van der Waals surface area contributed by atoms with Crippen LogP contribution in [0.2, 0.25) is 0 Å². The first-order valence-electron chi connectivity index (χ1n) is 6.99. The van der Waals surface area contributed by atoms with Crippen LogP contribution in [0.4, 0.5) is 5.69 Å². The van der Waals surface area contributed by atoms with Crippen LogP contribution in [-0.2, 0) is 14.8 Å². The lowest BCUT2D eigenvalue weighted by atomic mass is 10.1. The quantitative estimate of drug-likeness (QED) is 0.823.